The molecule has 224 valence electrons. The maximum absolute atomic E-state index is 12.4. The Hall–Kier alpha value is -2.84. The highest BCUT2D eigenvalue weighted by Gasteiger charge is 2.39. The number of carbonyl (C=O) groups excluding carboxylic acids is 2. The standard InChI is InChI=1S/C20H31N5O13P2/c1-20(2,3)37-19(29)23-8-6-15(27)22-7-4-5-12-10-25(18(28)24-17(12)21)16-9-13(26)14(36-16)11-35-40(33,34)38-39(30,31)32/h10,13-14,16,26H,6-9,11H2,1-3H3,(H,22,27)(H,23,29)(H,33,34)(H2,21,24,28)(H2,30,31,32). The van der Waals surface area contributed by atoms with E-state index in [-0.39, 0.29) is 37.3 Å². The Morgan fingerprint density at radius 2 is 1.95 bits per heavy atom. The normalized spacial score (nSPS) is 20.6. The Labute approximate surface area is 228 Å². The van der Waals surface area contributed by atoms with E-state index in [0.29, 0.717) is 0 Å². The van der Waals surface area contributed by atoms with Gasteiger partial charge in [-0.1, -0.05) is 11.8 Å². The van der Waals surface area contributed by atoms with Crippen molar-refractivity contribution in [1.82, 2.24) is 20.2 Å². The number of aliphatic hydroxyl groups is 1. The SMILES string of the molecule is CC(C)(C)OC(=O)NCCC(=O)NCC#Cc1cn(C2CC(O)C(COP(=O)(O)OP(=O)(O)O)O2)c(=O)nc1N. The van der Waals surface area contributed by atoms with Gasteiger partial charge >= 0.3 is 27.4 Å². The van der Waals surface area contributed by atoms with Crippen LogP contribution in [0.3, 0.4) is 0 Å². The molecule has 2 amide bonds. The van der Waals surface area contributed by atoms with Gasteiger partial charge in [0, 0.05) is 25.6 Å². The van der Waals surface area contributed by atoms with Gasteiger partial charge in [0.15, 0.2) is 0 Å². The van der Waals surface area contributed by atoms with Gasteiger partial charge in [0.1, 0.15) is 23.8 Å². The van der Waals surface area contributed by atoms with Crippen LogP contribution in [-0.4, -0.2) is 78.8 Å². The molecular weight excluding hydrogens is 580 g/mol. The Morgan fingerprint density at radius 1 is 1.27 bits per heavy atom. The summed E-state index contributed by atoms with van der Waals surface area (Å²) < 4.78 is 42.0. The van der Waals surface area contributed by atoms with Gasteiger partial charge in [0.2, 0.25) is 5.91 Å². The third kappa shape index (κ3) is 11.7. The van der Waals surface area contributed by atoms with Gasteiger partial charge in [-0.25, -0.2) is 18.7 Å². The topological polar surface area (TPSA) is 271 Å². The summed E-state index contributed by atoms with van der Waals surface area (Å²) in [6.45, 7) is 4.26. The summed E-state index contributed by atoms with van der Waals surface area (Å²) in [5.41, 5.74) is 4.32. The van der Waals surface area contributed by atoms with Crippen LogP contribution in [0.25, 0.3) is 0 Å². The predicted octanol–water partition coefficient (Wildman–Crippen LogP) is -0.917. The first kappa shape index (κ1) is 33.4. The van der Waals surface area contributed by atoms with Crippen molar-refractivity contribution in [1.29, 1.82) is 0 Å². The summed E-state index contributed by atoms with van der Waals surface area (Å²) in [4.78, 5) is 66.2. The average molecular weight is 611 g/mol. The number of nitrogens with one attached hydrogen (secondary N) is 2. The summed E-state index contributed by atoms with van der Waals surface area (Å²) >= 11 is 0. The van der Waals surface area contributed by atoms with Crippen LogP contribution < -0.4 is 22.1 Å². The highest BCUT2D eigenvalue weighted by molar-refractivity contribution is 7.60. The lowest BCUT2D eigenvalue weighted by Gasteiger charge is -2.19. The zero-order valence-electron chi connectivity index (χ0n) is 21.7. The van der Waals surface area contributed by atoms with Crippen LogP contribution in [0.4, 0.5) is 10.6 Å². The van der Waals surface area contributed by atoms with E-state index in [4.69, 9.17) is 25.0 Å². The van der Waals surface area contributed by atoms with Crippen LogP contribution in [0, 0.1) is 11.8 Å². The number of phosphoric ester groups is 1. The smallest absolute Gasteiger partial charge is 0.444 e. The van der Waals surface area contributed by atoms with Gasteiger partial charge in [-0.2, -0.15) is 9.29 Å². The van der Waals surface area contributed by atoms with Crippen molar-refractivity contribution in [3.05, 3.63) is 22.2 Å². The number of amides is 2. The number of nitrogen functional groups attached to an aromatic ring is 1. The molecule has 1 fully saturated rings. The number of hydrogen-bond donors (Lipinski definition) is 7. The molecule has 1 saturated heterocycles. The number of alkyl carbamates (subject to hydrolysis) is 1. The molecule has 4 atom stereocenters. The van der Waals surface area contributed by atoms with E-state index in [1.807, 2.05) is 0 Å². The lowest BCUT2D eigenvalue weighted by Crippen LogP contribution is -2.35. The number of rotatable bonds is 10. The van der Waals surface area contributed by atoms with Crippen LogP contribution in [0.15, 0.2) is 11.0 Å². The molecule has 1 aliphatic heterocycles. The molecule has 0 bridgehead atoms. The lowest BCUT2D eigenvalue weighted by molar-refractivity contribution is -0.120. The maximum Gasteiger partial charge on any atom is 0.481 e. The Bertz CT molecular complexity index is 1300. The van der Waals surface area contributed by atoms with Crippen LogP contribution in [0.1, 0.15) is 45.4 Å². The third-order valence-electron chi connectivity index (χ3n) is 4.72. The minimum absolute atomic E-state index is 0.0289. The molecule has 0 aliphatic carbocycles. The largest absolute Gasteiger partial charge is 0.481 e. The summed E-state index contributed by atoms with van der Waals surface area (Å²) in [5.74, 6) is 4.67. The minimum Gasteiger partial charge on any atom is -0.444 e. The molecule has 1 aliphatic rings. The van der Waals surface area contributed by atoms with E-state index >= 15 is 0 Å². The molecule has 1 aromatic rings. The molecule has 4 unspecified atom stereocenters. The predicted molar refractivity (Wildman–Crippen MR) is 135 cm³/mol. The van der Waals surface area contributed by atoms with Gasteiger partial charge in [0.05, 0.1) is 24.8 Å². The monoisotopic (exact) mass is 611 g/mol. The number of hydrogen-bond acceptors (Lipinski definition) is 12. The molecule has 0 spiro atoms. The van der Waals surface area contributed by atoms with E-state index in [1.165, 1.54) is 6.20 Å². The van der Waals surface area contributed by atoms with E-state index in [9.17, 15) is 33.5 Å². The Kier molecular flexibility index (Phi) is 11.4. The lowest BCUT2D eigenvalue weighted by atomic mass is 10.2. The second kappa shape index (κ2) is 13.7. The first-order valence-electron chi connectivity index (χ1n) is 11.5. The molecule has 0 radical (unpaired) electrons. The molecular formula is C20H31N5O13P2. The van der Waals surface area contributed by atoms with Crippen molar-refractivity contribution in [3.8, 4) is 11.8 Å². The van der Waals surface area contributed by atoms with E-state index in [0.717, 1.165) is 4.57 Å². The van der Waals surface area contributed by atoms with Gasteiger partial charge in [-0.15, -0.1) is 0 Å². The highest BCUT2D eigenvalue weighted by Crippen LogP contribution is 2.57. The fourth-order valence-corrected chi connectivity index (χ4v) is 4.71. The van der Waals surface area contributed by atoms with Crippen molar-refractivity contribution in [3.63, 3.8) is 0 Å². The number of carbonyl (C=O) groups is 2. The van der Waals surface area contributed by atoms with Gasteiger partial charge in [-0.05, 0) is 20.8 Å². The average Bonchev–Trinajstić information content (AvgIpc) is 3.14. The minimum atomic E-state index is -5.34. The summed E-state index contributed by atoms with van der Waals surface area (Å²) in [6.07, 6.45) is -3.36. The second-order valence-corrected chi connectivity index (χ2v) is 12.1. The van der Waals surface area contributed by atoms with E-state index in [1.54, 1.807) is 20.8 Å². The zero-order valence-corrected chi connectivity index (χ0v) is 23.5. The summed E-state index contributed by atoms with van der Waals surface area (Å²) in [7, 11) is -10.5. The fourth-order valence-electron chi connectivity index (χ4n) is 3.11. The molecule has 40 heavy (non-hydrogen) atoms. The number of anilines is 1. The number of aromatic nitrogens is 2. The van der Waals surface area contributed by atoms with Crippen molar-refractivity contribution in [2.75, 3.05) is 25.4 Å². The number of aliphatic hydroxyl groups excluding tert-OH is 1. The van der Waals surface area contributed by atoms with Crippen molar-refractivity contribution < 1.29 is 56.8 Å². The Morgan fingerprint density at radius 3 is 2.58 bits per heavy atom. The molecule has 20 heteroatoms. The molecule has 2 rings (SSSR count). The third-order valence-corrected chi connectivity index (χ3v) is 6.88. The van der Waals surface area contributed by atoms with Gasteiger partial charge in [0.25, 0.3) is 0 Å². The van der Waals surface area contributed by atoms with Crippen LogP contribution in [0.2, 0.25) is 0 Å². The maximum atomic E-state index is 12.4. The highest BCUT2D eigenvalue weighted by atomic mass is 31.3. The van der Waals surface area contributed by atoms with Crippen LogP contribution >= 0.6 is 15.6 Å². The van der Waals surface area contributed by atoms with Crippen molar-refractivity contribution >= 4 is 33.5 Å². The molecule has 1 aromatic heterocycles. The number of nitrogens with two attached hydrogens (primary N) is 1. The summed E-state index contributed by atoms with van der Waals surface area (Å²) in [5, 5.41) is 15.2. The molecule has 2 heterocycles. The molecule has 0 aromatic carbocycles. The second-order valence-electron chi connectivity index (χ2n) is 9.26. The number of phosphoric acid groups is 2. The molecule has 8 N–H and O–H groups in total. The van der Waals surface area contributed by atoms with Gasteiger partial charge in [-0.3, -0.25) is 13.9 Å². The molecule has 0 saturated carbocycles. The first-order valence-corrected chi connectivity index (χ1v) is 14.6. The van der Waals surface area contributed by atoms with Crippen molar-refractivity contribution in [2.24, 2.45) is 0 Å². The van der Waals surface area contributed by atoms with Crippen LogP contribution in [-0.2, 0) is 32.2 Å². The molecule has 18 nitrogen and oxygen atoms in total. The van der Waals surface area contributed by atoms with E-state index < -0.39 is 64.0 Å². The number of nitrogens with zero attached hydrogens (tertiary/aromatic N) is 2. The van der Waals surface area contributed by atoms with Crippen molar-refractivity contribution in [2.45, 2.75) is 57.6 Å². The first-order chi connectivity index (χ1) is 18.3. The van der Waals surface area contributed by atoms with Crippen LogP contribution in [0.5, 0.6) is 0 Å². The van der Waals surface area contributed by atoms with E-state index in [2.05, 4.69) is 36.3 Å². The summed E-state index contributed by atoms with van der Waals surface area (Å²) in [6, 6.07) is 0. The Balaban J connectivity index is 1.94. The fraction of sp³-hybridized carbons (Fsp3) is 0.600. The quantitative estimate of drug-likeness (QED) is 0.125. The zero-order chi connectivity index (χ0) is 30.3. The number of ether oxygens (including phenoxy) is 2. The van der Waals surface area contributed by atoms with Gasteiger partial charge < -0.3 is 45.6 Å².